The van der Waals surface area contributed by atoms with Crippen LogP contribution >= 0.6 is 0 Å². The number of carbonyl (C=O) groups excluding carboxylic acids is 5. The molecule has 5 amide bonds. The number of nitrogens with one attached hydrogen (secondary N) is 5. The number of piperidine rings is 2. The number of carbonyl (C=O) groups is 5. The van der Waals surface area contributed by atoms with Crippen LogP contribution in [0.4, 0.5) is 4.79 Å². The molecule has 0 bridgehead atoms. The molecule has 0 aromatic heterocycles. The van der Waals surface area contributed by atoms with Crippen LogP contribution < -0.4 is 26.0 Å². The number of Topliss-reactive ketones (excluding diaryl/α,β-unsaturated/α-hetero) is 1. The first-order chi connectivity index (χ1) is 23.1. The minimum absolute atomic E-state index is 0.0417. The van der Waals surface area contributed by atoms with Crippen LogP contribution in [0.1, 0.15) is 94.4 Å². The minimum Gasteiger partial charge on any atom is -0.346 e. The Morgan fingerprint density at radius 1 is 0.940 bits per heavy atom. The Labute approximate surface area is 298 Å². The summed E-state index contributed by atoms with van der Waals surface area (Å²) in [4.78, 5) is 68.9. The summed E-state index contributed by atoms with van der Waals surface area (Å²) in [6, 6.07) is -4.25. The molecule has 1 aliphatic carbocycles. The normalized spacial score (nSPS) is 23.9. The summed E-state index contributed by atoms with van der Waals surface area (Å²) in [5.41, 5.74) is -1.52. The second-order valence-corrected chi connectivity index (χ2v) is 18.5. The smallest absolute Gasteiger partial charge is 0.315 e. The lowest BCUT2D eigenvalue weighted by atomic mass is 9.85. The summed E-state index contributed by atoms with van der Waals surface area (Å²) in [6.07, 6.45) is 4.83. The van der Waals surface area contributed by atoms with Crippen molar-refractivity contribution in [1.82, 2.24) is 35.2 Å². The van der Waals surface area contributed by atoms with E-state index in [1.54, 1.807) is 0 Å². The average Bonchev–Trinajstić information content (AvgIpc) is 3.33. The van der Waals surface area contributed by atoms with Gasteiger partial charge in [-0.2, -0.15) is 12.7 Å². The number of likely N-dealkylation sites (tertiary alicyclic amines) is 1. The molecule has 50 heavy (non-hydrogen) atoms. The lowest BCUT2D eigenvalue weighted by molar-refractivity contribution is -0.145. The third-order valence-electron chi connectivity index (χ3n) is 10.5. The van der Waals surface area contributed by atoms with Gasteiger partial charge < -0.3 is 26.2 Å². The first-order valence-corrected chi connectivity index (χ1v) is 19.4. The van der Waals surface area contributed by atoms with Crippen molar-refractivity contribution in [3.8, 4) is 0 Å². The monoisotopic (exact) mass is 723 g/mol. The highest BCUT2D eigenvalue weighted by Crippen LogP contribution is 2.65. The molecule has 0 radical (unpaired) electrons. The molecule has 0 aromatic rings. The summed E-state index contributed by atoms with van der Waals surface area (Å²) in [6.45, 7) is 21.9. The number of rotatable bonds is 15. The van der Waals surface area contributed by atoms with Crippen molar-refractivity contribution in [3.05, 3.63) is 12.7 Å². The minimum atomic E-state index is -3.73. The highest BCUT2D eigenvalue weighted by Gasteiger charge is 2.70. The van der Waals surface area contributed by atoms with Crippen LogP contribution in [-0.2, 0) is 29.4 Å². The van der Waals surface area contributed by atoms with Gasteiger partial charge in [0.15, 0.2) is 0 Å². The van der Waals surface area contributed by atoms with Gasteiger partial charge in [0.25, 0.3) is 16.1 Å². The van der Waals surface area contributed by atoms with Gasteiger partial charge in [-0.1, -0.05) is 81.2 Å². The predicted molar refractivity (Wildman–Crippen MR) is 192 cm³/mol. The van der Waals surface area contributed by atoms with Gasteiger partial charge in [0.05, 0.1) is 6.04 Å². The van der Waals surface area contributed by atoms with Crippen molar-refractivity contribution in [1.29, 1.82) is 0 Å². The standard InChI is InChI=1S/C35H61N7O7S/c1-11-16-23(27(43)30(45)36-17-12-2)38-29(44)26-25-22(35(25,9)10)21-42(26)31(46)28(34(6,7)8)40-32(47)39-24(33(3,4)5)20-37-50(48,49)41-18-14-13-15-19-41/h12,22-26,28,37H,2,11,13-21H2,1,3-10H3,(H,36,45)(H,38,44)(H2,39,40,47)/t22-,23?,24+,25-,26-,28+/m0/s1. The van der Waals surface area contributed by atoms with Gasteiger partial charge >= 0.3 is 6.03 Å². The number of amides is 5. The molecular formula is C35H61N7O7S. The van der Waals surface area contributed by atoms with Crippen LogP contribution in [0.3, 0.4) is 0 Å². The molecule has 0 spiro atoms. The van der Waals surface area contributed by atoms with Gasteiger partial charge in [0, 0.05) is 38.8 Å². The molecule has 3 aliphatic rings. The Morgan fingerprint density at radius 3 is 2.10 bits per heavy atom. The van der Waals surface area contributed by atoms with Crippen molar-refractivity contribution in [2.45, 2.75) is 119 Å². The quantitative estimate of drug-likeness (QED) is 0.126. The lowest BCUT2D eigenvalue weighted by Gasteiger charge is -2.38. The molecule has 3 fully saturated rings. The molecule has 2 saturated heterocycles. The van der Waals surface area contributed by atoms with Crippen molar-refractivity contribution in [2.75, 3.05) is 32.7 Å². The van der Waals surface area contributed by atoms with E-state index in [9.17, 15) is 32.4 Å². The number of fused-ring (bicyclic) bond motifs is 1. The van der Waals surface area contributed by atoms with E-state index in [1.807, 2.05) is 62.3 Å². The van der Waals surface area contributed by atoms with Crippen molar-refractivity contribution >= 4 is 39.7 Å². The fraction of sp³-hybridized carbons (Fsp3) is 0.800. The first kappa shape index (κ1) is 41.4. The van der Waals surface area contributed by atoms with Gasteiger partial charge in [0.1, 0.15) is 12.1 Å². The Balaban J connectivity index is 1.78. The van der Waals surface area contributed by atoms with E-state index >= 15 is 0 Å². The van der Waals surface area contributed by atoms with E-state index in [1.165, 1.54) is 15.3 Å². The maximum Gasteiger partial charge on any atom is 0.315 e. The molecule has 5 N–H and O–H groups in total. The van der Waals surface area contributed by atoms with E-state index in [4.69, 9.17) is 0 Å². The zero-order chi connectivity index (χ0) is 37.8. The van der Waals surface area contributed by atoms with Gasteiger partial charge in [0.2, 0.25) is 17.6 Å². The first-order valence-electron chi connectivity index (χ1n) is 17.9. The van der Waals surface area contributed by atoms with Crippen LogP contribution in [0.25, 0.3) is 0 Å². The van der Waals surface area contributed by atoms with Crippen molar-refractivity contribution in [3.63, 3.8) is 0 Å². The van der Waals surface area contributed by atoms with E-state index in [0.717, 1.165) is 19.3 Å². The Kier molecular flexibility index (Phi) is 13.3. The summed E-state index contributed by atoms with van der Waals surface area (Å²) >= 11 is 0. The second-order valence-electron chi connectivity index (χ2n) is 16.8. The molecule has 0 aromatic carbocycles. The molecule has 15 heteroatoms. The van der Waals surface area contributed by atoms with E-state index in [-0.39, 0.29) is 36.8 Å². The molecule has 1 unspecified atom stereocenters. The van der Waals surface area contributed by atoms with Gasteiger partial charge in [-0.15, -0.1) is 6.58 Å². The average molecular weight is 724 g/mol. The van der Waals surface area contributed by atoms with Crippen LogP contribution in [0, 0.1) is 28.1 Å². The molecule has 3 rings (SSSR count). The highest BCUT2D eigenvalue weighted by atomic mass is 32.2. The van der Waals surface area contributed by atoms with Crippen molar-refractivity contribution in [2.24, 2.45) is 28.1 Å². The number of hydrogen-bond donors (Lipinski definition) is 5. The number of hydrogen-bond acceptors (Lipinski definition) is 7. The number of nitrogens with zero attached hydrogens (tertiary/aromatic N) is 2. The Hall–Kier alpha value is -3.04. The topological polar surface area (TPSA) is 186 Å². The fourth-order valence-electron chi connectivity index (χ4n) is 7.14. The number of ketones is 1. The predicted octanol–water partition coefficient (Wildman–Crippen LogP) is 2.07. The SMILES string of the molecule is C=CCNC(=O)C(=O)C(CCC)NC(=O)[C@@H]1[C@@H]2[C@H](CN1C(=O)[C@@H](NC(=O)N[C@H](CNS(=O)(=O)N1CCCCC1)C(C)(C)C)C(C)(C)C)C2(C)C. The molecule has 14 nitrogen and oxygen atoms in total. The maximum atomic E-state index is 14.4. The molecular weight excluding hydrogens is 662 g/mol. The third-order valence-corrected chi connectivity index (χ3v) is 12.0. The molecule has 2 heterocycles. The summed E-state index contributed by atoms with van der Waals surface area (Å²) in [7, 11) is -3.73. The summed E-state index contributed by atoms with van der Waals surface area (Å²) in [5, 5.41) is 11.0. The van der Waals surface area contributed by atoms with Crippen LogP contribution in [0.15, 0.2) is 12.7 Å². The van der Waals surface area contributed by atoms with Gasteiger partial charge in [-0.25, -0.2) is 9.52 Å². The number of urea groups is 1. The summed E-state index contributed by atoms with van der Waals surface area (Å²) in [5.74, 6) is -2.63. The lowest BCUT2D eigenvalue weighted by Crippen LogP contribution is -2.63. The molecule has 284 valence electrons. The summed E-state index contributed by atoms with van der Waals surface area (Å²) < 4.78 is 30.1. The molecule has 6 atom stereocenters. The zero-order valence-electron chi connectivity index (χ0n) is 31.5. The second kappa shape index (κ2) is 16.1. The van der Waals surface area contributed by atoms with Crippen LogP contribution in [0.2, 0.25) is 0 Å². The highest BCUT2D eigenvalue weighted by molar-refractivity contribution is 7.87. The van der Waals surface area contributed by atoms with Gasteiger partial charge in [-0.3, -0.25) is 19.2 Å². The van der Waals surface area contributed by atoms with Crippen molar-refractivity contribution < 1.29 is 32.4 Å². The zero-order valence-corrected chi connectivity index (χ0v) is 32.3. The van der Waals surface area contributed by atoms with Crippen LogP contribution in [-0.4, -0.2) is 104 Å². The van der Waals surface area contributed by atoms with E-state index < -0.39 is 74.7 Å². The van der Waals surface area contributed by atoms with E-state index in [2.05, 4.69) is 32.6 Å². The molecule has 1 saturated carbocycles. The van der Waals surface area contributed by atoms with Crippen LogP contribution in [0.5, 0.6) is 0 Å². The maximum absolute atomic E-state index is 14.4. The van der Waals surface area contributed by atoms with Gasteiger partial charge in [-0.05, 0) is 47.3 Å². The fourth-order valence-corrected chi connectivity index (χ4v) is 8.44. The molecule has 2 aliphatic heterocycles. The Bertz CT molecular complexity index is 1400. The Morgan fingerprint density at radius 2 is 1.56 bits per heavy atom. The van der Waals surface area contributed by atoms with E-state index in [0.29, 0.717) is 26.1 Å². The largest absolute Gasteiger partial charge is 0.346 e. The third kappa shape index (κ3) is 9.84.